The average molecular weight is 405 g/mol. The molecule has 1 unspecified atom stereocenters. The van der Waals surface area contributed by atoms with E-state index in [0.29, 0.717) is 30.5 Å². The molecule has 3 rings (SSSR count). The van der Waals surface area contributed by atoms with Gasteiger partial charge in [-0.2, -0.15) is 0 Å². The van der Waals surface area contributed by atoms with E-state index in [2.05, 4.69) is 10.2 Å². The van der Waals surface area contributed by atoms with E-state index in [1.165, 1.54) is 0 Å². The van der Waals surface area contributed by atoms with Gasteiger partial charge in [0.2, 0.25) is 0 Å². The molecule has 0 bridgehead atoms. The van der Waals surface area contributed by atoms with Crippen molar-refractivity contribution >= 4 is 17.5 Å². The molecule has 1 aliphatic rings. The summed E-state index contributed by atoms with van der Waals surface area (Å²) in [4.78, 5) is 14.6. The molecule has 1 aliphatic heterocycles. The highest BCUT2D eigenvalue weighted by Crippen LogP contribution is 2.27. The number of morpholine rings is 1. The third kappa shape index (κ3) is 5.61. The summed E-state index contributed by atoms with van der Waals surface area (Å²) in [7, 11) is 1.60. The maximum Gasteiger partial charge on any atom is 0.258 e. The highest BCUT2D eigenvalue weighted by atomic mass is 35.5. The van der Waals surface area contributed by atoms with Crippen LogP contribution in [0.1, 0.15) is 11.6 Å². The van der Waals surface area contributed by atoms with Crippen LogP contribution in [0, 0.1) is 0 Å². The third-order valence-corrected chi connectivity index (χ3v) is 5.02. The summed E-state index contributed by atoms with van der Waals surface area (Å²) >= 11 is 6.41. The molecule has 1 N–H and O–H groups in total. The fraction of sp³-hybridized carbons (Fsp3) is 0.381. The van der Waals surface area contributed by atoms with Crippen molar-refractivity contribution in [2.24, 2.45) is 0 Å². The van der Waals surface area contributed by atoms with Gasteiger partial charge >= 0.3 is 0 Å². The number of benzene rings is 2. The van der Waals surface area contributed by atoms with Crippen molar-refractivity contribution in [1.29, 1.82) is 0 Å². The number of nitrogens with one attached hydrogen (secondary N) is 1. The first-order chi connectivity index (χ1) is 13.7. The van der Waals surface area contributed by atoms with Gasteiger partial charge in [-0.25, -0.2) is 0 Å². The number of rotatable bonds is 8. The van der Waals surface area contributed by atoms with E-state index >= 15 is 0 Å². The van der Waals surface area contributed by atoms with E-state index in [0.717, 1.165) is 24.4 Å². The molecule has 0 aliphatic carbocycles. The first-order valence-corrected chi connectivity index (χ1v) is 9.65. The number of hydrogen-bond acceptors (Lipinski definition) is 5. The Kier molecular flexibility index (Phi) is 7.54. The Labute approximate surface area is 170 Å². The van der Waals surface area contributed by atoms with E-state index in [4.69, 9.17) is 25.8 Å². The molecule has 0 spiro atoms. The number of ether oxygens (including phenoxy) is 3. The van der Waals surface area contributed by atoms with Gasteiger partial charge < -0.3 is 19.5 Å². The van der Waals surface area contributed by atoms with Gasteiger partial charge in [0, 0.05) is 24.7 Å². The third-order valence-electron chi connectivity index (χ3n) is 4.67. The summed E-state index contributed by atoms with van der Waals surface area (Å²) in [6, 6.07) is 14.9. The second-order valence-electron chi connectivity index (χ2n) is 6.45. The van der Waals surface area contributed by atoms with Crippen LogP contribution >= 0.6 is 11.6 Å². The summed E-state index contributed by atoms with van der Waals surface area (Å²) in [6.07, 6.45) is 0. The lowest BCUT2D eigenvalue weighted by Crippen LogP contribution is -2.44. The SMILES string of the molecule is COc1ccc(OCC(=O)NCC(c2ccccc2Cl)N2CCOCC2)cc1. The largest absolute Gasteiger partial charge is 0.497 e. The molecular weight excluding hydrogens is 380 g/mol. The Morgan fingerprint density at radius 3 is 2.50 bits per heavy atom. The summed E-state index contributed by atoms with van der Waals surface area (Å²) in [5, 5.41) is 3.67. The molecule has 1 atom stereocenters. The topological polar surface area (TPSA) is 60.0 Å². The molecule has 1 saturated heterocycles. The van der Waals surface area contributed by atoms with Crippen molar-refractivity contribution in [1.82, 2.24) is 10.2 Å². The molecule has 0 radical (unpaired) electrons. The minimum Gasteiger partial charge on any atom is -0.497 e. The Balaban J connectivity index is 1.57. The minimum atomic E-state index is -0.180. The summed E-state index contributed by atoms with van der Waals surface area (Å²) in [5.74, 6) is 1.18. The van der Waals surface area contributed by atoms with Crippen LogP contribution in [0.3, 0.4) is 0 Å². The lowest BCUT2D eigenvalue weighted by Gasteiger charge is -2.35. The molecule has 150 valence electrons. The molecule has 1 fully saturated rings. The number of amides is 1. The molecule has 7 heteroatoms. The first kappa shape index (κ1) is 20.5. The normalized spacial score (nSPS) is 15.6. The van der Waals surface area contributed by atoms with Crippen molar-refractivity contribution in [2.45, 2.75) is 6.04 Å². The van der Waals surface area contributed by atoms with E-state index in [9.17, 15) is 4.79 Å². The zero-order valence-corrected chi connectivity index (χ0v) is 16.7. The van der Waals surface area contributed by atoms with Gasteiger partial charge in [0.05, 0.1) is 26.4 Å². The number of nitrogens with zero attached hydrogens (tertiary/aromatic N) is 1. The number of carbonyl (C=O) groups excluding carboxylic acids is 1. The molecule has 0 saturated carbocycles. The number of carbonyl (C=O) groups is 1. The fourth-order valence-electron chi connectivity index (χ4n) is 3.15. The molecule has 28 heavy (non-hydrogen) atoms. The van der Waals surface area contributed by atoms with Gasteiger partial charge in [0.15, 0.2) is 6.61 Å². The standard InChI is InChI=1S/C21H25ClN2O4/c1-26-16-6-8-17(9-7-16)28-15-21(25)23-14-20(24-10-12-27-13-11-24)18-4-2-3-5-19(18)22/h2-9,20H,10-15H2,1H3,(H,23,25). The fourth-order valence-corrected chi connectivity index (χ4v) is 3.41. The second-order valence-corrected chi connectivity index (χ2v) is 6.86. The number of methoxy groups -OCH3 is 1. The lowest BCUT2D eigenvalue weighted by atomic mass is 10.0. The van der Waals surface area contributed by atoms with Gasteiger partial charge in [0.1, 0.15) is 11.5 Å². The van der Waals surface area contributed by atoms with E-state index in [-0.39, 0.29) is 18.6 Å². The van der Waals surface area contributed by atoms with Crippen LogP contribution in [-0.4, -0.2) is 57.4 Å². The van der Waals surface area contributed by atoms with Crippen molar-refractivity contribution in [2.75, 3.05) is 46.6 Å². The molecular formula is C21H25ClN2O4. The minimum absolute atomic E-state index is 0.0115. The maximum absolute atomic E-state index is 12.3. The molecule has 2 aromatic rings. The predicted molar refractivity (Wildman–Crippen MR) is 108 cm³/mol. The van der Waals surface area contributed by atoms with Crippen LogP contribution in [0.2, 0.25) is 5.02 Å². The van der Waals surface area contributed by atoms with Gasteiger partial charge in [0.25, 0.3) is 5.91 Å². The zero-order chi connectivity index (χ0) is 19.8. The zero-order valence-electron chi connectivity index (χ0n) is 15.9. The Morgan fingerprint density at radius 2 is 1.82 bits per heavy atom. The maximum atomic E-state index is 12.3. The Bertz CT molecular complexity index is 763. The van der Waals surface area contributed by atoms with Gasteiger partial charge in [-0.15, -0.1) is 0 Å². The predicted octanol–water partition coefficient (Wildman–Crippen LogP) is 2.92. The van der Waals surface area contributed by atoms with Gasteiger partial charge in [-0.1, -0.05) is 29.8 Å². The van der Waals surface area contributed by atoms with E-state index in [1.54, 1.807) is 31.4 Å². The summed E-state index contributed by atoms with van der Waals surface area (Å²) < 4.78 is 16.1. The van der Waals surface area contributed by atoms with Crippen LogP contribution in [0.25, 0.3) is 0 Å². The smallest absolute Gasteiger partial charge is 0.258 e. The summed E-state index contributed by atoms with van der Waals surface area (Å²) in [5.41, 5.74) is 1.00. The van der Waals surface area contributed by atoms with E-state index < -0.39 is 0 Å². The van der Waals surface area contributed by atoms with Crippen molar-refractivity contribution in [3.63, 3.8) is 0 Å². The molecule has 1 amide bonds. The van der Waals surface area contributed by atoms with Gasteiger partial charge in [-0.05, 0) is 35.9 Å². The quantitative estimate of drug-likeness (QED) is 0.733. The van der Waals surface area contributed by atoms with Crippen LogP contribution in [-0.2, 0) is 9.53 Å². The molecule has 0 aromatic heterocycles. The molecule has 1 heterocycles. The van der Waals surface area contributed by atoms with Gasteiger partial charge in [-0.3, -0.25) is 9.69 Å². The van der Waals surface area contributed by atoms with E-state index in [1.807, 2.05) is 24.3 Å². The monoisotopic (exact) mass is 404 g/mol. The average Bonchev–Trinajstić information content (AvgIpc) is 2.74. The van der Waals surface area contributed by atoms with Crippen molar-refractivity contribution < 1.29 is 19.0 Å². The number of halogens is 1. The Morgan fingerprint density at radius 1 is 1.14 bits per heavy atom. The lowest BCUT2D eigenvalue weighted by molar-refractivity contribution is -0.123. The van der Waals surface area contributed by atoms with Crippen LogP contribution < -0.4 is 14.8 Å². The first-order valence-electron chi connectivity index (χ1n) is 9.27. The van der Waals surface area contributed by atoms with Crippen molar-refractivity contribution in [3.8, 4) is 11.5 Å². The summed E-state index contributed by atoms with van der Waals surface area (Å²) in [6.45, 7) is 3.35. The van der Waals surface area contributed by atoms with Crippen LogP contribution in [0.5, 0.6) is 11.5 Å². The highest BCUT2D eigenvalue weighted by molar-refractivity contribution is 6.31. The van der Waals surface area contributed by atoms with Crippen LogP contribution in [0.15, 0.2) is 48.5 Å². The van der Waals surface area contributed by atoms with Crippen LogP contribution in [0.4, 0.5) is 0 Å². The molecule has 6 nitrogen and oxygen atoms in total. The second kappa shape index (κ2) is 10.3. The Hall–Kier alpha value is -2.28. The molecule has 2 aromatic carbocycles. The highest BCUT2D eigenvalue weighted by Gasteiger charge is 2.24. The van der Waals surface area contributed by atoms with Crippen molar-refractivity contribution in [3.05, 3.63) is 59.1 Å². The number of hydrogen-bond donors (Lipinski definition) is 1.